The van der Waals surface area contributed by atoms with E-state index in [9.17, 15) is 22.0 Å². The minimum absolute atomic E-state index is 0.00150. The molecule has 2 unspecified atom stereocenters. The zero-order chi connectivity index (χ0) is 27.3. The van der Waals surface area contributed by atoms with Crippen molar-refractivity contribution in [3.63, 3.8) is 0 Å². The van der Waals surface area contributed by atoms with Crippen molar-refractivity contribution in [1.82, 2.24) is 15.3 Å². The van der Waals surface area contributed by atoms with E-state index in [-0.39, 0.29) is 11.3 Å². The SMILES string of the molecule is [C-]#[N+]c1ccc(-c2nc(N3CCC4NCCC4C3)nc3ccc(-c4c(F)cccc4C(F)(F)F)cc23)cc1F. The zero-order valence-corrected chi connectivity index (χ0v) is 20.6. The molecule has 0 bridgehead atoms. The zero-order valence-electron chi connectivity index (χ0n) is 20.6. The lowest BCUT2D eigenvalue weighted by molar-refractivity contribution is -0.137. The second-order valence-electron chi connectivity index (χ2n) is 9.89. The number of anilines is 1. The molecular formula is C29H22F5N5. The van der Waals surface area contributed by atoms with Crippen LogP contribution in [0.4, 0.5) is 33.6 Å². The fourth-order valence-corrected chi connectivity index (χ4v) is 5.66. The van der Waals surface area contributed by atoms with E-state index < -0.39 is 28.9 Å². The smallest absolute Gasteiger partial charge is 0.340 e. The van der Waals surface area contributed by atoms with Gasteiger partial charge in [0, 0.05) is 35.6 Å². The molecule has 2 fully saturated rings. The predicted molar refractivity (Wildman–Crippen MR) is 138 cm³/mol. The molecular weight excluding hydrogens is 513 g/mol. The number of nitrogens with one attached hydrogen (secondary N) is 1. The lowest BCUT2D eigenvalue weighted by Gasteiger charge is -2.35. The van der Waals surface area contributed by atoms with Crippen LogP contribution in [-0.4, -0.2) is 35.6 Å². The molecule has 4 aromatic rings. The molecule has 0 radical (unpaired) electrons. The normalized spacial score (nSPS) is 19.2. The third-order valence-corrected chi connectivity index (χ3v) is 7.57. The van der Waals surface area contributed by atoms with Crippen LogP contribution in [0, 0.1) is 24.1 Å². The number of piperidine rings is 1. The van der Waals surface area contributed by atoms with Gasteiger partial charge in [-0.3, -0.25) is 0 Å². The summed E-state index contributed by atoms with van der Waals surface area (Å²) < 4.78 is 70.8. The summed E-state index contributed by atoms with van der Waals surface area (Å²) in [5, 5.41) is 3.86. The van der Waals surface area contributed by atoms with E-state index >= 15 is 0 Å². The second-order valence-corrected chi connectivity index (χ2v) is 9.89. The van der Waals surface area contributed by atoms with Crippen molar-refractivity contribution in [3.8, 4) is 22.4 Å². The van der Waals surface area contributed by atoms with E-state index in [0.29, 0.717) is 46.6 Å². The van der Waals surface area contributed by atoms with Crippen LogP contribution in [0.1, 0.15) is 18.4 Å². The molecule has 5 nitrogen and oxygen atoms in total. The second kappa shape index (κ2) is 9.58. The molecule has 1 aromatic heterocycles. The van der Waals surface area contributed by atoms with Gasteiger partial charge in [0.15, 0.2) is 0 Å². The minimum atomic E-state index is -4.77. The van der Waals surface area contributed by atoms with Crippen molar-refractivity contribution >= 4 is 22.5 Å². The van der Waals surface area contributed by atoms with E-state index in [0.717, 1.165) is 44.1 Å². The van der Waals surface area contributed by atoms with E-state index in [4.69, 9.17) is 16.5 Å². The van der Waals surface area contributed by atoms with Crippen LogP contribution in [0.15, 0.2) is 54.6 Å². The van der Waals surface area contributed by atoms with Gasteiger partial charge in [0.05, 0.1) is 23.3 Å². The molecule has 0 aliphatic carbocycles. The summed E-state index contributed by atoms with van der Waals surface area (Å²) in [6.07, 6.45) is -2.81. The topological polar surface area (TPSA) is 45.4 Å². The average molecular weight is 536 g/mol. The first kappa shape index (κ1) is 25.2. The summed E-state index contributed by atoms with van der Waals surface area (Å²) in [6, 6.07) is 11.7. The number of rotatable bonds is 3. The monoisotopic (exact) mass is 535 g/mol. The molecule has 2 aliphatic rings. The number of halogens is 5. The van der Waals surface area contributed by atoms with Crippen LogP contribution in [-0.2, 0) is 6.18 Å². The number of benzene rings is 3. The third kappa shape index (κ3) is 4.57. The highest BCUT2D eigenvalue weighted by Crippen LogP contribution is 2.41. The highest BCUT2D eigenvalue weighted by molar-refractivity contribution is 5.96. The van der Waals surface area contributed by atoms with Crippen molar-refractivity contribution < 1.29 is 22.0 Å². The Morgan fingerprint density at radius 2 is 1.77 bits per heavy atom. The van der Waals surface area contributed by atoms with Crippen molar-refractivity contribution in [3.05, 3.63) is 83.2 Å². The molecule has 1 N–H and O–H groups in total. The molecule has 10 heteroatoms. The lowest BCUT2D eigenvalue weighted by Crippen LogP contribution is -2.45. The Hall–Kier alpha value is -4.10. The molecule has 0 saturated carbocycles. The van der Waals surface area contributed by atoms with Gasteiger partial charge >= 0.3 is 6.18 Å². The summed E-state index contributed by atoms with van der Waals surface area (Å²) in [5.41, 5.74) is -0.758. The minimum Gasteiger partial charge on any atom is -0.340 e. The first-order valence-electron chi connectivity index (χ1n) is 12.6. The largest absolute Gasteiger partial charge is 0.417 e. The predicted octanol–water partition coefficient (Wildman–Crippen LogP) is 7.00. The molecule has 6 rings (SSSR count). The van der Waals surface area contributed by atoms with Crippen LogP contribution in [0.5, 0.6) is 0 Å². The summed E-state index contributed by atoms with van der Waals surface area (Å²) in [7, 11) is 0. The number of alkyl halides is 3. The van der Waals surface area contributed by atoms with Crippen LogP contribution < -0.4 is 10.2 Å². The first-order chi connectivity index (χ1) is 18.7. The molecule has 2 aliphatic heterocycles. The number of nitrogens with zero attached hydrogens (tertiary/aromatic N) is 4. The van der Waals surface area contributed by atoms with E-state index in [2.05, 4.69) is 15.1 Å². The number of hydrogen-bond acceptors (Lipinski definition) is 4. The summed E-state index contributed by atoms with van der Waals surface area (Å²) in [5.74, 6) is -0.865. The van der Waals surface area contributed by atoms with Gasteiger partial charge in [-0.25, -0.2) is 23.6 Å². The van der Waals surface area contributed by atoms with Crippen LogP contribution >= 0.6 is 0 Å². The van der Waals surface area contributed by atoms with E-state index in [1.54, 1.807) is 12.1 Å². The fraction of sp³-hybridized carbons (Fsp3) is 0.276. The Morgan fingerprint density at radius 1 is 0.949 bits per heavy atom. The Balaban J connectivity index is 1.54. The average Bonchev–Trinajstić information content (AvgIpc) is 3.39. The fourth-order valence-electron chi connectivity index (χ4n) is 5.66. The molecule has 0 spiro atoms. The molecule has 3 aromatic carbocycles. The first-order valence-corrected chi connectivity index (χ1v) is 12.6. The molecule has 198 valence electrons. The van der Waals surface area contributed by atoms with Gasteiger partial charge in [0.1, 0.15) is 11.6 Å². The van der Waals surface area contributed by atoms with E-state index in [1.165, 1.54) is 24.3 Å². The molecule has 2 atom stereocenters. The quantitative estimate of drug-likeness (QED) is 0.227. The van der Waals surface area contributed by atoms with Gasteiger partial charge in [0.2, 0.25) is 11.6 Å². The van der Waals surface area contributed by atoms with Crippen molar-refractivity contribution in [2.75, 3.05) is 24.5 Å². The Labute approximate surface area is 221 Å². The standard InChI is InChI=1S/C29H22F5N5/c1-35-25-8-6-17(14-22(25)31)27-19-13-16(26-20(29(32,33)34)3-2-4-21(26)30)5-7-24(19)37-28(38-27)39-12-10-23-18(15-39)9-11-36-23/h2-8,13-14,18,23,36H,9-12,15H2. The van der Waals surface area contributed by atoms with Gasteiger partial charge in [-0.2, -0.15) is 13.2 Å². The number of aromatic nitrogens is 2. The van der Waals surface area contributed by atoms with Crippen molar-refractivity contribution in [1.29, 1.82) is 0 Å². The van der Waals surface area contributed by atoms with Crippen LogP contribution in [0.2, 0.25) is 0 Å². The van der Waals surface area contributed by atoms with E-state index in [1.807, 2.05) is 0 Å². The third-order valence-electron chi connectivity index (χ3n) is 7.57. The van der Waals surface area contributed by atoms with Gasteiger partial charge < -0.3 is 10.2 Å². The van der Waals surface area contributed by atoms with Crippen LogP contribution in [0.3, 0.4) is 0 Å². The lowest BCUT2D eigenvalue weighted by atomic mass is 9.93. The maximum absolute atomic E-state index is 14.8. The molecule has 39 heavy (non-hydrogen) atoms. The maximum Gasteiger partial charge on any atom is 0.417 e. The number of fused-ring (bicyclic) bond motifs is 2. The van der Waals surface area contributed by atoms with Gasteiger partial charge in [-0.15, -0.1) is 0 Å². The Bertz CT molecular complexity index is 1630. The van der Waals surface area contributed by atoms with Gasteiger partial charge in [-0.05, 0) is 61.2 Å². The highest BCUT2D eigenvalue weighted by Gasteiger charge is 2.36. The molecule has 0 amide bonds. The highest BCUT2D eigenvalue weighted by atomic mass is 19.4. The van der Waals surface area contributed by atoms with Crippen molar-refractivity contribution in [2.24, 2.45) is 5.92 Å². The van der Waals surface area contributed by atoms with Gasteiger partial charge in [-0.1, -0.05) is 24.3 Å². The molecule has 2 saturated heterocycles. The summed E-state index contributed by atoms with van der Waals surface area (Å²) in [6.45, 7) is 9.57. The van der Waals surface area contributed by atoms with Gasteiger partial charge in [0.25, 0.3) is 0 Å². The summed E-state index contributed by atoms with van der Waals surface area (Å²) in [4.78, 5) is 14.7. The van der Waals surface area contributed by atoms with Crippen LogP contribution in [0.25, 0.3) is 38.1 Å². The molecule has 3 heterocycles. The van der Waals surface area contributed by atoms with Crippen molar-refractivity contribution in [2.45, 2.75) is 25.1 Å². The summed E-state index contributed by atoms with van der Waals surface area (Å²) >= 11 is 0. The maximum atomic E-state index is 14.8. The Kier molecular flexibility index (Phi) is 6.19. The Morgan fingerprint density at radius 3 is 2.54 bits per heavy atom. The number of hydrogen-bond donors (Lipinski definition) is 1.